The predicted octanol–water partition coefficient (Wildman–Crippen LogP) is 3.89. The Bertz CT molecular complexity index is 1050. The highest BCUT2D eigenvalue weighted by atomic mass is 32.2. The second-order valence-corrected chi connectivity index (χ2v) is 6.87. The minimum atomic E-state index is -0.608. The summed E-state index contributed by atoms with van der Waals surface area (Å²) in [6.07, 6.45) is 6.22. The van der Waals surface area contributed by atoms with Gasteiger partial charge in [0.1, 0.15) is 5.75 Å². The monoisotopic (exact) mass is 421 g/mol. The smallest absolute Gasteiger partial charge is 0.331 e. The van der Waals surface area contributed by atoms with E-state index in [1.54, 1.807) is 25.3 Å². The Morgan fingerprint density at radius 1 is 1.07 bits per heavy atom. The summed E-state index contributed by atoms with van der Waals surface area (Å²) in [6.45, 7) is 0. The number of hydrogen-bond donors (Lipinski definition) is 0. The number of rotatable bonds is 6. The van der Waals surface area contributed by atoms with Gasteiger partial charge >= 0.3 is 5.97 Å². The Morgan fingerprint density at radius 2 is 1.80 bits per heavy atom. The van der Waals surface area contributed by atoms with E-state index in [1.807, 2.05) is 48.5 Å². The van der Waals surface area contributed by atoms with Crippen LogP contribution in [0.1, 0.15) is 5.56 Å². The molecule has 0 bridgehead atoms. The molecule has 1 saturated heterocycles. The second-order valence-electron chi connectivity index (χ2n) is 5.86. The maximum absolute atomic E-state index is 12.8. The maximum Gasteiger partial charge on any atom is 0.331 e. The molecule has 2 aromatic rings. The van der Waals surface area contributed by atoms with Crippen LogP contribution in [0.5, 0.6) is 5.75 Å². The topological polar surface area (TPSA) is 80.6 Å². The van der Waals surface area contributed by atoms with E-state index in [0.29, 0.717) is 10.9 Å². The molecule has 7 nitrogen and oxygen atoms in total. The third kappa shape index (κ3) is 5.03. The van der Waals surface area contributed by atoms with Crippen molar-refractivity contribution in [2.24, 2.45) is 10.2 Å². The molecule has 0 N–H and O–H groups in total. The van der Waals surface area contributed by atoms with Crippen molar-refractivity contribution in [3.8, 4) is 5.75 Å². The standard InChI is InChI=1S/C22H19N3O4S/c1-28-18-13-7-6-9-16(18)10-8-14-23-24-22-25(17-11-4-3-5-12-17)21(27)19(30-22)15-20(26)29-2/h3-15H,1-2H3/b10-8+,19-15-,23-14+,24-22-. The number of benzene rings is 2. The van der Waals surface area contributed by atoms with Crippen LogP contribution in [0.15, 0.2) is 81.9 Å². The zero-order chi connectivity index (χ0) is 21.3. The third-order valence-corrected chi connectivity index (χ3v) is 4.94. The molecule has 1 amide bonds. The molecule has 0 unspecified atom stereocenters. The molecule has 3 rings (SSSR count). The molecular weight excluding hydrogens is 402 g/mol. The van der Waals surface area contributed by atoms with E-state index in [2.05, 4.69) is 14.9 Å². The van der Waals surface area contributed by atoms with Gasteiger partial charge < -0.3 is 9.47 Å². The fraction of sp³-hybridized carbons (Fsp3) is 0.0909. The van der Waals surface area contributed by atoms with Crippen LogP contribution < -0.4 is 9.64 Å². The molecule has 1 fully saturated rings. The molecule has 0 saturated carbocycles. The highest BCUT2D eigenvalue weighted by Gasteiger charge is 2.35. The van der Waals surface area contributed by atoms with E-state index in [1.165, 1.54) is 18.2 Å². The first-order chi connectivity index (χ1) is 14.6. The van der Waals surface area contributed by atoms with Crippen LogP contribution in [0.2, 0.25) is 0 Å². The molecule has 152 valence electrons. The van der Waals surface area contributed by atoms with Crippen LogP contribution in [0, 0.1) is 0 Å². The van der Waals surface area contributed by atoms with Gasteiger partial charge in [0.05, 0.1) is 24.8 Å². The summed E-state index contributed by atoms with van der Waals surface area (Å²) >= 11 is 1.05. The van der Waals surface area contributed by atoms with Crippen molar-refractivity contribution in [2.75, 3.05) is 19.1 Å². The highest BCUT2D eigenvalue weighted by Crippen LogP contribution is 2.34. The van der Waals surface area contributed by atoms with Crippen molar-refractivity contribution < 1.29 is 19.1 Å². The predicted molar refractivity (Wildman–Crippen MR) is 120 cm³/mol. The van der Waals surface area contributed by atoms with Gasteiger partial charge in [0, 0.05) is 17.9 Å². The molecule has 0 spiro atoms. The lowest BCUT2D eigenvalue weighted by Gasteiger charge is -2.14. The molecule has 2 aromatic carbocycles. The lowest BCUT2D eigenvalue weighted by Crippen LogP contribution is -2.28. The number of para-hydroxylation sites is 2. The van der Waals surface area contributed by atoms with E-state index < -0.39 is 5.97 Å². The van der Waals surface area contributed by atoms with Crippen molar-refractivity contribution in [3.05, 3.63) is 77.2 Å². The number of amidine groups is 1. The van der Waals surface area contributed by atoms with E-state index >= 15 is 0 Å². The normalized spacial score (nSPS) is 16.9. The molecule has 8 heteroatoms. The summed E-state index contributed by atoms with van der Waals surface area (Å²) in [5, 5.41) is 8.55. The number of methoxy groups -OCH3 is 2. The van der Waals surface area contributed by atoms with Crippen molar-refractivity contribution in [3.63, 3.8) is 0 Å². The number of thioether (sulfide) groups is 1. The number of amides is 1. The van der Waals surface area contributed by atoms with Crippen molar-refractivity contribution in [1.29, 1.82) is 0 Å². The van der Waals surface area contributed by atoms with Gasteiger partial charge in [0.2, 0.25) is 5.17 Å². The summed E-state index contributed by atoms with van der Waals surface area (Å²) in [5.74, 6) is -0.225. The summed E-state index contributed by atoms with van der Waals surface area (Å²) < 4.78 is 9.92. The molecule has 0 aliphatic carbocycles. The largest absolute Gasteiger partial charge is 0.496 e. The first-order valence-electron chi connectivity index (χ1n) is 8.91. The lowest BCUT2D eigenvalue weighted by atomic mass is 10.2. The van der Waals surface area contributed by atoms with Crippen LogP contribution in [0.25, 0.3) is 6.08 Å². The Hall–Kier alpha value is -3.65. The summed E-state index contributed by atoms with van der Waals surface area (Å²) in [6, 6.07) is 16.6. The van der Waals surface area contributed by atoms with E-state index in [9.17, 15) is 9.59 Å². The van der Waals surface area contributed by atoms with Gasteiger partial charge in [-0.25, -0.2) is 4.79 Å². The van der Waals surface area contributed by atoms with Gasteiger partial charge in [0.15, 0.2) is 0 Å². The fourth-order valence-electron chi connectivity index (χ4n) is 2.58. The first kappa shape index (κ1) is 21.1. The van der Waals surface area contributed by atoms with Crippen LogP contribution in [-0.2, 0) is 14.3 Å². The lowest BCUT2D eigenvalue weighted by molar-refractivity contribution is -0.135. The first-order valence-corrected chi connectivity index (χ1v) is 9.73. The van der Waals surface area contributed by atoms with Gasteiger partial charge in [-0.1, -0.05) is 36.4 Å². The quantitative estimate of drug-likeness (QED) is 0.306. The van der Waals surface area contributed by atoms with Crippen molar-refractivity contribution >= 4 is 46.8 Å². The Labute approximate surface area is 178 Å². The summed E-state index contributed by atoms with van der Waals surface area (Å²) in [7, 11) is 2.87. The van der Waals surface area contributed by atoms with Crippen LogP contribution >= 0.6 is 11.8 Å². The van der Waals surface area contributed by atoms with Gasteiger partial charge in [-0.2, -0.15) is 5.10 Å². The molecule has 0 aromatic heterocycles. The fourth-order valence-corrected chi connectivity index (χ4v) is 3.48. The molecule has 1 aliphatic rings. The SMILES string of the molecule is COC(=O)/C=C1\S\C(=N/N=C/C=C/c2ccccc2OC)N(c2ccccc2)C1=O. The number of anilines is 1. The van der Waals surface area contributed by atoms with Gasteiger partial charge in [0.25, 0.3) is 5.91 Å². The number of nitrogens with zero attached hydrogens (tertiary/aromatic N) is 3. The molecule has 1 heterocycles. The Kier molecular flexibility index (Phi) is 7.18. The van der Waals surface area contributed by atoms with Gasteiger partial charge in [-0.05, 0) is 42.1 Å². The number of carbonyl (C=O) groups excluding carboxylic acids is 2. The van der Waals surface area contributed by atoms with Crippen LogP contribution in [0.3, 0.4) is 0 Å². The highest BCUT2D eigenvalue weighted by molar-refractivity contribution is 8.19. The van der Waals surface area contributed by atoms with Gasteiger partial charge in [-0.15, -0.1) is 5.10 Å². The maximum atomic E-state index is 12.8. The minimum absolute atomic E-state index is 0.212. The van der Waals surface area contributed by atoms with Crippen LogP contribution in [0.4, 0.5) is 5.69 Å². The molecular formula is C22H19N3O4S. The number of carbonyl (C=O) groups is 2. The third-order valence-electron chi connectivity index (χ3n) is 3.98. The number of ether oxygens (including phenoxy) is 2. The molecule has 0 atom stereocenters. The summed E-state index contributed by atoms with van der Waals surface area (Å²) in [5.41, 5.74) is 1.53. The van der Waals surface area contributed by atoms with E-state index in [0.717, 1.165) is 29.2 Å². The van der Waals surface area contributed by atoms with Crippen molar-refractivity contribution in [1.82, 2.24) is 0 Å². The number of esters is 1. The van der Waals surface area contributed by atoms with Gasteiger partial charge in [-0.3, -0.25) is 9.69 Å². The second kappa shape index (κ2) is 10.2. The van der Waals surface area contributed by atoms with E-state index in [4.69, 9.17) is 4.74 Å². The average Bonchev–Trinajstić information content (AvgIpc) is 3.09. The van der Waals surface area contributed by atoms with Crippen LogP contribution in [-0.4, -0.2) is 37.5 Å². The minimum Gasteiger partial charge on any atom is -0.496 e. The molecule has 1 aliphatic heterocycles. The molecule has 0 radical (unpaired) electrons. The summed E-state index contributed by atoms with van der Waals surface area (Å²) in [4.78, 5) is 26.0. The van der Waals surface area contributed by atoms with Crippen molar-refractivity contribution in [2.45, 2.75) is 0 Å². The zero-order valence-corrected chi connectivity index (χ0v) is 17.2. The average molecular weight is 421 g/mol. The number of allylic oxidation sites excluding steroid dienone is 1. The Morgan fingerprint density at radius 3 is 2.53 bits per heavy atom. The zero-order valence-electron chi connectivity index (χ0n) is 16.4. The Balaban J connectivity index is 1.84. The number of hydrogen-bond acceptors (Lipinski definition) is 7. The molecule has 30 heavy (non-hydrogen) atoms. The van der Waals surface area contributed by atoms with E-state index in [-0.39, 0.29) is 10.8 Å².